The highest BCUT2D eigenvalue weighted by Gasteiger charge is 2.34. The largest absolute Gasteiger partial charge is 0.342 e. The monoisotopic (exact) mass is 262 g/mol. The van der Waals surface area contributed by atoms with Gasteiger partial charge in [-0.3, -0.25) is 0 Å². The van der Waals surface area contributed by atoms with E-state index in [1.54, 1.807) is 18.2 Å². The van der Waals surface area contributed by atoms with Crippen LogP contribution in [0.15, 0.2) is 18.2 Å². The summed E-state index contributed by atoms with van der Waals surface area (Å²) in [6, 6.07) is 7.22. The van der Waals surface area contributed by atoms with E-state index in [1.165, 1.54) is 0 Å². The minimum atomic E-state index is -2.56. The maximum absolute atomic E-state index is 13.1. The van der Waals surface area contributed by atoms with E-state index in [-0.39, 0.29) is 25.9 Å². The van der Waals surface area contributed by atoms with Crippen LogP contribution in [-0.4, -0.2) is 29.0 Å². The molecular formula is C13H12F2N4. The average molecular weight is 262 g/mol. The van der Waals surface area contributed by atoms with E-state index in [2.05, 4.69) is 16.0 Å². The molecule has 0 saturated carbocycles. The molecule has 3 rings (SSSR count). The van der Waals surface area contributed by atoms with Crippen molar-refractivity contribution in [3.05, 3.63) is 23.8 Å². The molecule has 1 N–H and O–H groups in total. The van der Waals surface area contributed by atoms with Crippen molar-refractivity contribution in [3.8, 4) is 6.07 Å². The Balaban J connectivity index is 1.88. The number of nitrogens with one attached hydrogen (secondary N) is 1. The minimum absolute atomic E-state index is 0.145. The van der Waals surface area contributed by atoms with Crippen LogP contribution < -0.4 is 4.90 Å². The quantitative estimate of drug-likeness (QED) is 0.859. The Morgan fingerprint density at radius 3 is 2.74 bits per heavy atom. The van der Waals surface area contributed by atoms with Gasteiger partial charge in [0.05, 0.1) is 22.7 Å². The van der Waals surface area contributed by atoms with E-state index in [0.29, 0.717) is 11.5 Å². The third-order valence-corrected chi connectivity index (χ3v) is 3.39. The number of benzene rings is 1. The first kappa shape index (κ1) is 11.9. The van der Waals surface area contributed by atoms with Gasteiger partial charge in [0.2, 0.25) is 5.95 Å². The number of aromatic nitrogens is 2. The van der Waals surface area contributed by atoms with Gasteiger partial charge >= 0.3 is 0 Å². The third-order valence-electron chi connectivity index (χ3n) is 3.39. The molecule has 0 spiro atoms. The molecule has 2 heterocycles. The number of halogens is 2. The summed E-state index contributed by atoms with van der Waals surface area (Å²) in [6.07, 6.45) is -0.291. The summed E-state index contributed by atoms with van der Waals surface area (Å²) < 4.78 is 26.2. The van der Waals surface area contributed by atoms with E-state index in [1.807, 2.05) is 4.90 Å². The van der Waals surface area contributed by atoms with Gasteiger partial charge in [0.25, 0.3) is 5.92 Å². The van der Waals surface area contributed by atoms with Gasteiger partial charge in [0.1, 0.15) is 0 Å². The molecule has 1 aromatic heterocycles. The maximum Gasteiger partial charge on any atom is 0.251 e. The maximum atomic E-state index is 13.1. The number of hydrogen-bond donors (Lipinski definition) is 1. The second-order valence-electron chi connectivity index (χ2n) is 4.75. The van der Waals surface area contributed by atoms with E-state index in [9.17, 15) is 8.78 Å². The van der Waals surface area contributed by atoms with Crippen molar-refractivity contribution < 1.29 is 8.78 Å². The van der Waals surface area contributed by atoms with E-state index < -0.39 is 5.92 Å². The van der Waals surface area contributed by atoms with Crippen LogP contribution >= 0.6 is 0 Å². The van der Waals surface area contributed by atoms with Crippen LogP contribution in [0, 0.1) is 11.3 Å². The summed E-state index contributed by atoms with van der Waals surface area (Å²) in [6.45, 7) is 0.579. The fourth-order valence-corrected chi connectivity index (χ4v) is 2.26. The normalized spacial score (nSPS) is 18.5. The summed E-state index contributed by atoms with van der Waals surface area (Å²) >= 11 is 0. The Labute approximate surface area is 108 Å². The zero-order valence-corrected chi connectivity index (χ0v) is 10.2. The van der Waals surface area contributed by atoms with Crippen LogP contribution in [0.3, 0.4) is 0 Å². The predicted octanol–water partition coefficient (Wildman–Crippen LogP) is 2.67. The van der Waals surface area contributed by atoms with Crippen LogP contribution in [0.1, 0.15) is 18.4 Å². The van der Waals surface area contributed by atoms with Crippen LogP contribution in [-0.2, 0) is 0 Å². The summed E-state index contributed by atoms with van der Waals surface area (Å²) in [4.78, 5) is 9.28. The SMILES string of the molecule is N#Cc1ccc2nc(N3CCC(F)(F)CC3)[nH]c2c1. The van der Waals surface area contributed by atoms with Gasteiger partial charge in [-0.25, -0.2) is 13.8 Å². The fourth-order valence-electron chi connectivity index (χ4n) is 2.26. The van der Waals surface area contributed by atoms with E-state index in [4.69, 9.17) is 5.26 Å². The smallest absolute Gasteiger partial charge is 0.251 e. The summed E-state index contributed by atoms with van der Waals surface area (Å²) in [5, 5.41) is 8.83. The zero-order chi connectivity index (χ0) is 13.5. The number of aromatic amines is 1. The lowest BCUT2D eigenvalue weighted by Gasteiger charge is -2.31. The minimum Gasteiger partial charge on any atom is -0.342 e. The molecule has 1 saturated heterocycles. The van der Waals surface area contributed by atoms with Crippen molar-refractivity contribution in [1.82, 2.24) is 9.97 Å². The molecule has 1 aromatic carbocycles. The molecular weight excluding hydrogens is 250 g/mol. The second-order valence-corrected chi connectivity index (χ2v) is 4.75. The molecule has 6 heteroatoms. The first-order valence-corrected chi connectivity index (χ1v) is 6.10. The average Bonchev–Trinajstić information content (AvgIpc) is 2.81. The number of rotatable bonds is 1. The van der Waals surface area contributed by atoms with Crippen LogP contribution in [0.25, 0.3) is 11.0 Å². The highest BCUT2D eigenvalue weighted by atomic mass is 19.3. The van der Waals surface area contributed by atoms with Crippen LogP contribution in [0.2, 0.25) is 0 Å². The lowest BCUT2D eigenvalue weighted by Crippen LogP contribution is -2.39. The Kier molecular flexibility index (Phi) is 2.63. The van der Waals surface area contributed by atoms with Crippen molar-refractivity contribution in [2.24, 2.45) is 0 Å². The number of nitrogens with zero attached hydrogens (tertiary/aromatic N) is 3. The molecule has 0 radical (unpaired) electrons. The summed E-state index contributed by atoms with van der Waals surface area (Å²) in [5.74, 6) is -1.96. The van der Waals surface area contributed by atoms with Gasteiger partial charge < -0.3 is 9.88 Å². The molecule has 0 atom stereocenters. The van der Waals surface area contributed by atoms with Gasteiger partial charge in [-0.15, -0.1) is 0 Å². The van der Waals surface area contributed by atoms with Crippen molar-refractivity contribution in [2.45, 2.75) is 18.8 Å². The number of H-pyrrole nitrogens is 1. The number of fused-ring (bicyclic) bond motifs is 1. The van der Waals surface area contributed by atoms with Gasteiger partial charge in [-0.2, -0.15) is 5.26 Å². The number of nitriles is 1. The lowest BCUT2D eigenvalue weighted by atomic mass is 10.1. The van der Waals surface area contributed by atoms with Gasteiger partial charge in [-0.05, 0) is 18.2 Å². The van der Waals surface area contributed by atoms with Gasteiger partial charge in [0.15, 0.2) is 0 Å². The first-order valence-electron chi connectivity index (χ1n) is 6.10. The van der Waals surface area contributed by atoms with Gasteiger partial charge in [0, 0.05) is 25.9 Å². The van der Waals surface area contributed by atoms with E-state index >= 15 is 0 Å². The fraction of sp³-hybridized carbons (Fsp3) is 0.385. The summed E-state index contributed by atoms with van der Waals surface area (Å²) in [7, 11) is 0. The zero-order valence-electron chi connectivity index (χ0n) is 10.2. The Bertz CT molecular complexity index is 646. The predicted molar refractivity (Wildman–Crippen MR) is 67.2 cm³/mol. The Morgan fingerprint density at radius 1 is 1.32 bits per heavy atom. The molecule has 0 unspecified atom stereocenters. The third kappa shape index (κ3) is 2.24. The molecule has 1 fully saturated rings. The van der Waals surface area contributed by atoms with Crippen molar-refractivity contribution in [3.63, 3.8) is 0 Å². The van der Waals surface area contributed by atoms with Crippen molar-refractivity contribution in [1.29, 1.82) is 5.26 Å². The molecule has 1 aliphatic heterocycles. The lowest BCUT2D eigenvalue weighted by molar-refractivity contribution is -0.0222. The first-order chi connectivity index (χ1) is 9.07. The van der Waals surface area contributed by atoms with Crippen LogP contribution in [0.4, 0.5) is 14.7 Å². The number of hydrogen-bond acceptors (Lipinski definition) is 3. The van der Waals surface area contributed by atoms with Crippen LogP contribution in [0.5, 0.6) is 0 Å². The molecule has 0 aliphatic carbocycles. The standard InChI is InChI=1S/C13H12F2N4/c14-13(15)3-5-19(6-4-13)12-17-10-2-1-9(8-16)7-11(10)18-12/h1-2,7H,3-6H2,(H,17,18). The number of alkyl halides is 2. The number of piperidine rings is 1. The number of anilines is 1. The molecule has 98 valence electrons. The molecule has 1 aliphatic rings. The van der Waals surface area contributed by atoms with Gasteiger partial charge in [-0.1, -0.05) is 0 Å². The molecule has 2 aromatic rings. The highest BCUT2D eigenvalue weighted by Crippen LogP contribution is 2.30. The Morgan fingerprint density at radius 2 is 2.05 bits per heavy atom. The van der Waals surface area contributed by atoms with Crippen molar-refractivity contribution >= 4 is 17.0 Å². The number of imidazole rings is 1. The summed E-state index contributed by atoms with van der Waals surface area (Å²) in [5.41, 5.74) is 2.05. The molecule has 0 amide bonds. The molecule has 0 bridgehead atoms. The molecule has 4 nitrogen and oxygen atoms in total. The van der Waals surface area contributed by atoms with Crippen molar-refractivity contribution in [2.75, 3.05) is 18.0 Å². The highest BCUT2D eigenvalue weighted by molar-refractivity contribution is 5.79. The van der Waals surface area contributed by atoms with E-state index in [0.717, 1.165) is 11.0 Å². The Hall–Kier alpha value is -2.16. The molecule has 19 heavy (non-hydrogen) atoms. The second kappa shape index (κ2) is 4.19. The topological polar surface area (TPSA) is 55.7 Å².